The molecule has 0 amide bonds. The van der Waals surface area contributed by atoms with Crippen molar-refractivity contribution >= 4 is 13.6 Å². The maximum atomic E-state index is 11.9. The summed E-state index contributed by atoms with van der Waals surface area (Å²) >= 11 is 0. The third kappa shape index (κ3) is 3.86. The van der Waals surface area contributed by atoms with E-state index in [1.54, 1.807) is 6.66 Å². The van der Waals surface area contributed by atoms with Crippen LogP contribution >= 0.6 is 7.29 Å². The molecule has 1 atom stereocenters. The van der Waals surface area contributed by atoms with Gasteiger partial charge in [0.15, 0.2) is 0 Å². The smallest absolute Gasteiger partial charge is 0.149 e. The minimum atomic E-state index is -2.41. The second-order valence-electron chi connectivity index (χ2n) is 3.27. The molecule has 1 aromatic rings. The highest BCUT2D eigenvalue weighted by Crippen LogP contribution is 2.39. The predicted molar refractivity (Wildman–Crippen MR) is 57.7 cm³/mol. The molecule has 0 aliphatic heterocycles. The molecule has 76 valence electrons. The summed E-state index contributed by atoms with van der Waals surface area (Å²) in [5.41, 5.74) is 1.02. The van der Waals surface area contributed by atoms with E-state index in [0.29, 0.717) is 6.16 Å². The van der Waals surface area contributed by atoms with Gasteiger partial charge >= 0.3 is 0 Å². The summed E-state index contributed by atoms with van der Waals surface area (Å²) < 4.78 is 11.9. The largest absolute Gasteiger partial charge is 0.307 e. The van der Waals surface area contributed by atoms with Gasteiger partial charge in [0.25, 0.3) is 0 Å². The summed E-state index contributed by atoms with van der Waals surface area (Å²) in [6, 6.07) is 9.60. The number of aldehydes is 1. The van der Waals surface area contributed by atoms with Crippen LogP contribution in [0.5, 0.6) is 0 Å². The first kappa shape index (κ1) is 11.2. The molecule has 1 rings (SSSR count). The zero-order chi connectivity index (χ0) is 10.4. The fraction of sp³-hybridized carbons (Fsp3) is 0.300. The van der Waals surface area contributed by atoms with Crippen LogP contribution in [-0.4, -0.2) is 19.5 Å². The van der Waals surface area contributed by atoms with Crippen LogP contribution in [0.1, 0.15) is 5.56 Å². The molecule has 1 aromatic carbocycles. The monoisotopic (exact) mass is 211 g/mol. The van der Waals surface area contributed by atoms with Crippen molar-refractivity contribution < 1.29 is 9.36 Å². The van der Waals surface area contributed by atoms with Crippen LogP contribution in [0.25, 0.3) is 0 Å². The summed E-state index contributed by atoms with van der Waals surface area (Å²) in [6.45, 7) is 1.81. The van der Waals surface area contributed by atoms with Gasteiger partial charge in [0.2, 0.25) is 0 Å². The Hall–Kier alpha value is -0.920. The summed E-state index contributed by atoms with van der Waals surface area (Å²) in [7, 11) is -2.41. The first-order chi connectivity index (χ1) is 6.64. The summed E-state index contributed by atoms with van der Waals surface area (Å²) in [5, 5.41) is 2.74. The van der Waals surface area contributed by atoms with E-state index in [1.165, 1.54) is 0 Å². The SMILES string of the molecule is CP(=O)(Cc1ccccc1)NCC=O. The Balaban J connectivity index is 2.59. The van der Waals surface area contributed by atoms with E-state index in [-0.39, 0.29) is 6.54 Å². The number of hydrogen-bond acceptors (Lipinski definition) is 2. The highest BCUT2D eigenvalue weighted by molar-refractivity contribution is 7.60. The lowest BCUT2D eigenvalue weighted by atomic mass is 10.2. The van der Waals surface area contributed by atoms with Crippen LogP contribution in [0.2, 0.25) is 0 Å². The number of benzene rings is 1. The number of carbonyl (C=O) groups is 1. The fourth-order valence-electron chi connectivity index (χ4n) is 1.22. The molecule has 0 bridgehead atoms. The van der Waals surface area contributed by atoms with E-state index in [4.69, 9.17) is 0 Å². The molecule has 0 aromatic heterocycles. The zero-order valence-corrected chi connectivity index (χ0v) is 9.04. The molecule has 0 aliphatic rings. The average molecular weight is 211 g/mol. The molecule has 0 heterocycles. The van der Waals surface area contributed by atoms with Gasteiger partial charge in [-0.3, -0.25) is 5.09 Å². The molecular weight excluding hydrogens is 197 g/mol. The van der Waals surface area contributed by atoms with Gasteiger partial charge in [-0.1, -0.05) is 30.3 Å². The van der Waals surface area contributed by atoms with Gasteiger partial charge in [-0.05, 0) is 5.56 Å². The normalized spacial score (nSPS) is 14.6. The van der Waals surface area contributed by atoms with Crippen molar-refractivity contribution in [3.8, 4) is 0 Å². The van der Waals surface area contributed by atoms with Gasteiger partial charge in [-0.25, -0.2) is 0 Å². The Morgan fingerprint density at radius 3 is 2.57 bits per heavy atom. The lowest BCUT2D eigenvalue weighted by Gasteiger charge is -2.12. The zero-order valence-electron chi connectivity index (χ0n) is 8.14. The Labute approximate surface area is 83.9 Å². The molecule has 0 fully saturated rings. The van der Waals surface area contributed by atoms with Crippen molar-refractivity contribution in [2.24, 2.45) is 0 Å². The van der Waals surface area contributed by atoms with E-state index < -0.39 is 7.29 Å². The number of hydrogen-bond donors (Lipinski definition) is 1. The van der Waals surface area contributed by atoms with Crippen molar-refractivity contribution in [1.82, 2.24) is 5.09 Å². The molecule has 0 saturated heterocycles. The first-order valence-electron chi connectivity index (χ1n) is 4.43. The molecule has 1 N–H and O–H groups in total. The average Bonchev–Trinajstić information content (AvgIpc) is 2.16. The first-order valence-corrected chi connectivity index (χ1v) is 6.77. The van der Waals surface area contributed by atoms with Gasteiger partial charge in [0.1, 0.15) is 13.6 Å². The van der Waals surface area contributed by atoms with E-state index in [2.05, 4.69) is 5.09 Å². The second-order valence-corrected chi connectivity index (χ2v) is 6.11. The van der Waals surface area contributed by atoms with Crippen LogP contribution < -0.4 is 5.09 Å². The van der Waals surface area contributed by atoms with Crippen LogP contribution in [0.15, 0.2) is 30.3 Å². The van der Waals surface area contributed by atoms with Gasteiger partial charge in [-0.15, -0.1) is 0 Å². The lowest BCUT2D eigenvalue weighted by molar-refractivity contribution is -0.106. The third-order valence-corrected chi connectivity index (χ3v) is 3.66. The molecular formula is C10H14NO2P. The Morgan fingerprint density at radius 1 is 1.36 bits per heavy atom. The van der Waals surface area contributed by atoms with E-state index in [0.717, 1.165) is 11.8 Å². The third-order valence-electron chi connectivity index (χ3n) is 1.84. The Kier molecular flexibility index (Phi) is 4.05. The van der Waals surface area contributed by atoms with Crippen molar-refractivity contribution in [1.29, 1.82) is 0 Å². The Bertz CT molecular complexity index is 337. The van der Waals surface area contributed by atoms with Crippen molar-refractivity contribution in [2.75, 3.05) is 13.2 Å². The van der Waals surface area contributed by atoms with Crippen molar-refractivity contribution in [2.45, 2.75) is 6.16 Å². The van der Waals surface area contributed by atoms with Gasteiger partial charge in [0.05, 0.1) is 6.54 Å². The Morgan fingerprint density at radius 2 is 2.00 bits per heavy atom. The van der Waals surface area contributed by atoms with Crippen LogP contribution in [0, 0.1) is 0 Å². The second kappa shape index (κ2) is 5.08. The minimum Gasteiger partial charge on any atom is -0.307 e. The van der Waals surface area contributed by atoms with Crippen molar-refractivity contribution in [3.63, 3.8) is 0 Å². The van der Waals surface area contributed by atoms with Gasteiger partial charge in [0, 0.05) is 12.8 Å². The standard InChI is InChI=1S/C10H14NO2P/c1-14(13,11-7-8-12)9-10-5-3-2-4-6-10/h2-6,8H,7,9H2,1H3,(H,11,13). The van der Waals surface area contributed by atoms with E-state index in [1.807, 2.05) is 30.3 Å². The topological polar surface area (TPSA) is 46.2 Å². The van der Waals surface area contributed by atoms with Gasteiger partial charge < -0.3 is 9.36 Å². The maximum Gasteiger partial charge on any atom is 0.149 e. The molecule has 0 aliphatic carbocycles. The summed E-state index contributed by atoms with van der Waals surface area (Å²) in [4.78, 5) is 10.1. The maximum absolute atomic E-state index is 11.9. The molecule has 4 heteroatoms. The number of carbonyl (C=O) groups excluding carboxylic acids is 1. The van der Waals surface area contributed by atoms with Crippen LogP contribution in [0.3, 0.4) is 0 Å². The van der Waals surface area contributed by atoms with Crippen LogP contribution in [0.4, 0.5) is 0 Å². The summed E-state index contributed by atoms with van der Waals surface area (Å²) in [5.74, 6) is 0. The molecule has 1 unspecified atom stereocenters. The van der Waals surface area contributed by atoms with E-state index in [9.17, 15) is 9.36 Å². The molecule has 3 nitrogen and oxygen atoms in total. The number of rotatable bonds is 5. The quantitative estimate of drug-likeness (QED) is 0.597. The number of nitrogens with one attached hydrogen (secondary N) is 1. The van der Waals surface area contributed by atoms with Crippen molar-refractivity contribution in [3.05, 3.63) is 35.9 Å². The summed E-state index contributed by atoms with van der Waals surface area (Å²) in [6.07, 6.45) is 1.21. The highest BCUT2D eigenvalue weighted by atomic mass is 31.2. The molecule has 0 radical (unpaired) electrons. The molecule has 0 spiro atoms. The molecule has 14 heavy (non-hydrogen) atoms. The predicted octanol–water partition coefficient (Wildman–Crippen LogP) is 1.88. The van der Waals surface area contributed by atoms with E-state index >= 15 is 0 Å². The van der Waals surface area contributed by atoms with Gasteiger partial charge in [-0.2, -0.15) is 0 Å². The fourth-order valence-corrected chi connectivity index (χ4v) is 2.70. The minimum absolute atomic E-state index is 0.153. The molecule has 0 saturated carbocycles. The lowest BCUT2D eigenvalue weighted by Crippen LogP contribution is -2.13. The highest BCUT2D eigenvalue weighted by Gasteiger charge is 2.13. The van der Waals surface area contributed by atoms with Crippen LogP contribution in [-0.2, 0) is 15.5 Å².